The molecule has 0 bridgehead atoms. The fourth-order valence-electron chi connectivity index (χ4n) is 5.77. The third kappa shape index (κ3) is 10.0. The first-order valence-electron chi connectivity index (χ1n) is 17.0. The average molecular weight is 733 g/mol. The summed E-state index contributed by atoms with van der Waals surface area (Å²) in [6.45, 7) is 14.7. The van der Waals surface area contributed by atoms with Crippen molar-refractivity contribution in [3.63, 3.8) is 0 Å². The van der Waals surface area contributed by atoms with Gasteiger partial charge in [-0.1, -0.05) is 45.0 Å². The number of sulfonamides is 1. The molecule has 52 heavy (non-hydrogen) atoms. The fraction of sp³-hybridized carbons (Fsp3) is 0.395. The van der Waals surface area contributed by atoms with Crippen molar-refractivity contribution in [1.29, 1.82) is 0 Å². The molecule has 1 saturated heterocycles. The lowest BCUT2D eigenvalue weighted by molar-refractivity contribution is 0.0138. The Morgan fingerprint density at radius 1 is 0.846 bits per heavy atom. The standard InChI is InChI=1S/C38H48N6O7S/c1-37(2,3)25-21-31(34(49-7)32(22-25)42-52(8,47)48)41-35(45)40-30-13-14-33(29-12-10-9-11-28(29)30)50-27-15-16-39-26(23-27)24-43-17-19-44(20-18-43)36(46)51-38(4,5)6/h9-16,21-23,42H,17-20,24H2,1-8H3,(H2,40,41,45). The molecular formula is C38H48N6O7S. The molecule has 14 heteroatoms. The maximum absolute atomic E-state index is 13.5. The Balaban J connectivity index is 1.30. The third-order valence-electron chi connectivity index (χ3n) is 8.26. The summed E-state index contributed by atoms with van der Waals surface area (Å²) in [5, 5.41) is 7.31. The summed E-state index contributed by atoms with van der Waals surface area (Å²) in [5.74, 6) is 1.40. The summed E-state index contributed by atoms with van der Waals surface area (Å²) in [4.78, 5) is 34.4. The Morgan fingerprint density at radius 2 is 1.50 bits per heavy atom. The molecular weight excluding hydrogens is 685 g/mol. The third-order valence-corrected chi connectivity index (χ3v) is 8.85. The molecule has 0 radical (unpaired) electrons. The predicted octanol–water partition coefficient (Wildman–Crippen LogP) is 7.40. The van der Waals surface area contributed by atoms with Crippen molar-refractivity contribution in [1.82, 2.24) is 14.8 Å². The fourth-order valence-corrected chi connectivity index (χ4v) is 6.32. The molecule has 0 atom stereocenters. The second-order valence-electron chi connectivity index (χ2n) is 14.8. The highest BCUT2D eigenvalue weighted by atomic mass is 32.2. The minimum absolute atomic E-state index is 0.182. The monoisotopic (exact) mass is 732 g/mol. The van der Waals surface area contributed by atoms with Crippen LogP contribution in [0.25, 0.3) is 10.8 Å². The van der Waals surface area contributed by atoms with E-state index >= 15 is 0 Å². The summed E-state index contributed by atoms with van der Waals surface area (Å²) >= 11 is 0. The van der Waals surface area contributed by atoms with Crippen LogP contribution in [0.5, 0.6) is 17.2 Å². The number of fused-ring (bicyclic) bond motifs is 1. The van der Waals surface area contributed by atoms with Gasteiger partial charge in [0.1, 0.15) is 17.1 Å². The van der Waals surface area contributed by atoms with Gasteiger partial charge in [-0.2, -0.15) is 0 Å². The number of nitrogens with zero attached hydrogens (tertiary/aromatic N) is 3. The number of methoxy groups -OCH3 is 1. The highest BCUT2D eigenvalue weighted by Gasteiger charge is 2.26. The van der Waals surface area contributed by atoms with Crippen molar-refractivity contribution >= 4 is 50.0 Å². The van der Waals surface area contributed by atoms with Gasteiger partial charge in [0.25, 0.3) is 0 Å². The van der Waals surface area contributed by atoms with Crippen molar-refractivity contribution in [2.45, 2.75) is 59.1 Å². The molecule has 3 aromatic carbocycles. The minimum Gasteiger partial charge on any atom is -0.492 e. The van der Waals surface area contributed by atoms with E-state index in [1.807, 2.05) is 71.9 Å². The average Bonchev–Trinajstić information content (AvgIpc) is 3.04. The van der Waals surface area contributed by atoms with Gasteiger partial charge in [0, 0.05) is 55.8 Å². The van der Waals surface area contributed by atoms with Crippen LogP contribution >= 0.6 is 0 Å². The number of aromatic nitrogens is 1. The van der Waals surface area contributed by atoms with Gasteiger partial charge in [-0.05, 0) is 62.1 Å². The molecule has 2 heterocycles. The van der Waals surface area contributed by atoms with Gasteiger partial charge in [-0.3, -0.25) is 14.6 Å². The number of hydrogen-bond acceptors (Lipinski definition) is 9. The zero-order valence-corrected chi connectivity index (χ0v) is 31.8. The number of anilines is 3. The molecule has 1 aromatic heterocycles. The molecule has 0 unspecified atom stereocenters. The van der Waals surface area contributed by atoms with Crippen LogP contribution in [0.2, 0.25) is 0 Å². The van der Waals surface area contributed by atoms with E-state index in [9.17, 15) is 18.0 Å². The number of carbonyl (C=O) groups excluding carboxylic acids is 2. The summed E-state index contributed by atoms with van der Waals surface area (Å²) < 4.78 is 44.2. The van der Waals surface area contributed by atoms with Crippen LogP contribution < -0.4 is 24.8 Å². The van der Waals surface area contributed by atoms with Crippen molar-refractivity contribution in [2.24, 2.45) is 0 Å². The molecule has 0 spiro atoms. The van der Waals surface area contributed by atoms with Crippen LogP contribution in [0, 0.1) is 0 Å². The lowest BCUT2D eigenvalue weighted by atomic mass is 9.86. The van der Waals surface area contributed by atoms with E-state index in [-0.39, 0.29) is 22.9 Å². The number of carbonyl (C=O) groups is 2. The molecule has 13 nitrogen and oxygen atoms in total. The second kappa shape index (κ2) is 15.3. The summed E-state index contributed by atoms with van der Waals surface area (Å²) in [7, 11) is -2.21. The highest BCUT2D eigenvalue weighted by Crippen LogP contribution is 2.40. The van der Waals surface area contributed by atoms with Gasteiger partial charge in [0.05, 0.1) is 36.1 Å². The summed E-state index contributed by atoms with van der Waals surface area (Å²) in [5.41, 5.74) is 1.82. The van der Waals surface area contributed by atoms with E-state index < -0.39 is 21.7 Å². The molecule has 1 aliphatic heterocycles. The molecule has 0 aliphatic carbocycles. The van der Waals surface area contributed by atoms with Crippen molar-refractivity contribution in [2.75, 3.05) is 54.9 Å². The number of nitrogens with one attached hydrogen (secondary N) is 3. The summed E-state index contributed by atoms with van der Waals surface area (Å²) in [6, 6.07) is 17.8. The molecule has 3 N–H and O–H groups in total. The SMILES string of the molecule is COc1c(NC(=O)Nc2ccc(Oc3ccnc(CN4CCN(C(=O)OC(C)(C)C)CC4)c3)c3ccccc23)cc(C(C)(C)C)cc1NS(C)(=O)=O. The number of benzene rings is 3. The zero-order chi connectivity index (χ0) is 37.8. The van der Waals surface area contributed by atoms with E-state index in [4.69, 9.17) is 14.2 Å². The Hall–Kier alpha value is -5.08. The Labute approximate surface area is 305 Å². The number of urea groups is 1. The molecule has 5 rings (SSSR count). The van der Waals surface area contributed by atoms with Crippen molar-refractivity contribution in [3.8, 4) is 17.2 Å². The van der Waals surface area contributed by atoms with E-state index in [1.54, 1.807) is 41.4 Å². The largest absolute Gasteiger partial charge is 0.492 e. The van der Waals surface area contributed by atoms with Crippen LogP contribution in [0.3, 0.4) is 0 Å². The first-order valence-corrected chi connectivity index (χ1v) is 18.9. The normalized spacial score (nSPS) is 14.1. The van der Waals surface area contributed by atoms with Crippen LogP contribution in [0.1, 0.15) is 52.8 Å². The topological polar surface area (TPSA) is 151 Å². The van der Waals surface area contributed by atoms with Crippen molar-refractivity contribution in [3.05, 3.63) is 78.1 Å². The molecule has 1 aliphatic rings. The number of amides is 3. The van der Waals surface area contributed by atoms with Gasteiger partial charge in [-0.15, -0.1) is 0 Å². The Bertz CT molecular complexity index is 2050. The summed E-state index contributed by atoms with van der Waals surface area (Å²) in [6.07, 6.45) is 2.48. The number of pyridine rings is 1. The molecule has 278 valence electrons. The maximum Gasteiger partial charge on any atom is 0.410 e. The molecule has 3 amide bonds. The first kappa shape index (κ1) is 38.2. The smallest absolute Gasteiger partial charge is 0.410 e. The van der Waals surface area contributed by atoms with Crippen LogP contribution in [-0.4, -0.2) is 80.5 Å². The second-order valence-corrected chi connectivity index (χ2v) is 16.5. The Morgan fingerprint density at radius 3 is 2.13 bits per heavy atom. The minimum atomic E-state index is -3.63. The number of piperazine rings is 1. The first-order chi connectivity index (χ1) is 24.4. The molecule has 1 fully saturated rings. The lowest BCUT2D eigenvalue weighted by Gasteiger charge is -2.35. The highest BCUT2D eigenvalue weighted by molar-refractivity contribution is 7.92. The maximum atomic E-state index is 13.5. The number of rotatable bonds is 9. The van der Waals surface area contributed by atoms with Gasteiger partial charge >= 0.3 is 12.1 Å². The van der Waals surface area contributed by atoms with Crippen molar-refractivity contribution < 1.29 is 32.2 Å². The van der Waals surface area contributed by atoms with E-state index in [0.29, 0.717) is 55.6 Å². The van der Waals surface area contributed by atoms with Crippen LogP contribution in [0.15, 0.2) is 66.9 Å². The predicted molar refractivity (Wildman–Crippen MR) is 204 cm³/mol. The Kier molecular flexibility index (Phi) is 11.2. The van der Waals surface area contributed by atoms with Crippen LogP contribution in [0.4, 0.5) is 26.7 Å². The molecule has 4 aromatic rings. The van der Waals surface area contributed by atoms with E-state index in [0.717, 1.165) is 28.3 Å². The quantitative estimate of drug-likeness (QED) is 0.160. The van der Waals surface area contributed by atoms with Gasteiger partial charge in [0.2, 0.25) is 10.0 Å². The van der Waals surface area contributed by atoms with Gasteiger partial charge < -0.3 is 29.7 Å². The van der Waals surface area contributed by atoms with Gasteiger partial charge in [0.15, 0.2) is 5.75 Å². The lowest BCUT2D eigenvalue weighted by Crippen LogP contribution is -2.49. The zero-order valence-electron chi connectivity index (χ0n) is 31.0. The number of hydrogen-bond donors (Lipinski definition) is 3. The van der Waals surface area contributed by atoms with Crippen LogP contribution in [-0.2, 0) is 26.7 Å². The molecule has 0 saturated carbocycles. The van der Waals surface area contributed by atoms with E-state index in [1.165, 1.54) is 7.11 Å². The number of ether oxygens (including phenoxy) is 3. The van der Waals surface area contributed by atoms with Gasteiger partial charge in [-0.25, -0.2) is 18.0 Å². The van der Waals surface area contributed by atoms with E-state index in [2.05, 4.69) is 25.2 Å².